The number of rotatable bonds is 4. The minimum absolute atomic E-state index is 0.106. The molecule has 0 saturated carbocycles. The Morgan fingerprint density at radius 2 is 1.69 bits per heavy atom. The van der Waals surface area contributed by atoms with Gasteiger partial charge in [-0.05, 0) is 42.3 Å². The molecule has 2 saturated heterocycles. The number of hydrogen-bond acceptors (Lipinski definition) is 7. The number of benzene rings is 1. The fourth-order valence-corrected chi connectivity index (χ4v) is 4.91. The number of nitrogens with two attached hydrogens (primary N) is 2. The van der Waals surface area contributed by atoms with E-state index >= 15 is 0 Å². The Labute approximate surface area is 205 Å². The molecule has 11 nitrogen and oxygen atoms in total. The van der Waals surface area contributed by atoms with E-state index in [1.54, 1.807) is 35.2 Å². The minimum atomic E-state index is -5.08. The molecule has 1 aromatic rings. The van der Waals surface area contributed by atoms with Gasteiger partial charge < -0.3 is 26.6 Å². The highest BCUT2D eigenvalue weighted by molar-refractivity contribution is 8.00. The van der Waals surface area contributed by atoms with Gasteiger partial charge in [0, 0.05) is 29.1 Å². The van der Waals surface area contributed by atoms with E-state index in [0.29, 0.717) is 41.1 Å². The maximum atomic E-state index is 12.8. The summed E-state index contributed by atoms with van der Waals surface area (Å²) in [4.78, 5) is 59.5. The highest BCUT2D eigenvalue weighted by atomic mass is 32.2. The zero-order chi connectivity index (χ0) is 26.9. The molecular formula is C21H19F3N4O7S. The van der Waals surface area contributed by atoms with Crippen LogP contribution in [0.1, 0.15) is 16.8 Å². The molecule has 0 spiro atoms. The molecule has 0 aliphatic carbocycles. The van der Waals surface area contributed by atoms with Gasteiger partial charge in [0.25, 0.3) is 5.91 Å². The number of thioether (sulfide) groups is 1. The van der Waals surface area contributed by atoms with Gasteiger partial charge >= 0.3 is 18.1 Å². The lowest BCUT2D eigenvalue weighted by molar-refractivity contribution is -0.192. The van der Waals surface area contributed by atoms with Crippen LogP contribution in [0.4, 0.5) is 18.9 Å². The second-order valence-corrected chi connectivity index (χ2v) is 8.81. The topological polar surface area (TPSA) is 184 Å². The first-order valence-corrected chi connectivity index (χ1v) is 11.2. The predicted octanol–water partition coefficient (Wildman–Crippen LogP) is 0.663. The third-order valence-electron chi connectivity index (χ3n) is 5.42. The van der Waals surface area contributed by atoms with Crippen LogP contribution in [0.5, 0.6) is 0 Å². The SMILES string of the molecule is NC(=O)c1ccc(N2CC/C(=C\C3=C(C(=O)O)N4C(=O)[C@@H](N)[C@H]4SC3)C2=O)cc1.O=C(O)C(F)(F)F. The van der Waals surface area contributed by atoms with Gasteiger partial charge in [-0.15, -0.1) is 11.8 Å². The third kappa shape index (κ3) is 5.21. The van der Waals surface area contributed by atoms with Gasteiger partial charge in [0.15, 0.2) is 0 Å². The summed E-state index contributed by atoms with van der Waals surface area (Å²) in [5.41, 5.74) is 12.7. The molecule has 15 heteroatoms. The number of carboxylic acids is 2. The molecule has 0 aromatic heterocycles. The maximum Gasteiger partial charge on any atom is 0.490 e. The molecule has 0 radical (unpaired) electrons. The minimum Gasteiger partial charge on any atom is -0.477 e. The van der Waals surface area contributed by atoms with Crippen LogP contribution in [0.3, 0.4) is 0 Å². The van der Waals surface area contributed by atoms with E-state index in [0.717, 1.165) is 0 Å². The Kier molecular flexibility index (Phi) is 7.45. The lowest BCUT2D eigenvalue weighted by Crippen LogP contribution is -2.68. The van der Waals surface area contributed by atoms with Gasteiger partial charge in [0.05, 0.1) is 0 Å². The first-order chi connectivity index (χ1) is 16.7. The summed E-state index contributed by atoms with van der Waals surface area (Å²) < 4.78 is 31.7. The highest BCUT2D eigenvalue weighted by Crippen LogP contribution is 2.40. The van der Waals surface area contributed by atoms with Gasteiger partial charge in [-0.1, -0.05) is 0 Å². The van der Waals surface area contributed by atoms with Crippen LogP contribution >= 0.6 is 11.8 Å². The molecule has 3 aliphatic heterocycles. The van der Waals surface area contributed by atoms with Crippen LogP contribution in [0.2, 0.25) is 0 Å². The fraction of sp³-hybridized carbons (Fsp3) is 0.286. The van der Waals surface area contributed by atoms with E-state index in [9.17, 15) is 37.5 Å². The normalized spacial score (nSPS) is 22.6. The number of aliphatic carboxylic acids is 2. The molecular weight excluding hydrogens is 509 g/mol. The van der Waals surface area contributed by atoms with Gasteiger partial charge in [0.1, 0.15) is 17.1 Å². The van der Waals surface area contributed by atoms with E-state index in [1.165, 1.54) is 16.7 Å². The zero-order valence-corrected chi connectivity index (χ0v) is 19.0. The van der Waals surface area contributed by atoms with Crippen molar-refractivity contribution in [1.29, 1.82) is 0 Å². The molecule has 4 rings (SSSR count). The van der Waals surface area contributed by atoms with E-state index in [2.05, 4.69) is 0 Å². The molecule has 192 valence electrons. The zero-order valence-electron chi connectivity index (χ0n) is 18.2. The van der Waals surface area contributed by atoms with Gasteiger partial charge in [-0.2, -0.15) is 13.2 Å². The summed E-state index contributed by atoms with van der Waals surface area (Å²) in [6, 6.07) is 5.69. The second-order valence-electron chi connectivity index (χ2n) is 7.70. The number of alkyl halides is 3. The number of amides is 3. The van der Waals surface area contributed by atoms with E-state index < -0.39 is 36.0 Å². The molecule has 36 heavy (non-hydrogen) atoms. The van der Waals surface area contributed by atoms with Crippen LogP contribution in [-0.4, -0.2) is 74.7 Å². The number of carbonyl (C=O) groups is 5. The van der Waals surface area contributed by atoms with E-state index in [-0.39, 0.29) is 17.0 Å². The van der Waals surface area contributed by atoms with E-state index in [1.807, 2.05) is 0 Å². The lowest BCUT2D eigenvalue weighted by Gasteiger charge is -2.47. The summed E-state index contributed by atoms with van der Waals surface area (Å²) in [7, 11) is 0. The average Bonchev–Trinajstić information content (AvgIpc) is 3.17. The Bertz CT molecular complexity index is 1200. The van der Waals surface area contributed by atoms with Crippen LogP contribution in [-0.2, 0) is 19.2 Å². The van der Waals surface area contributed by atoms with Crippen molar-refractivity contribution in [3.63, 3.8) is 0 Å². The molecule has 2 atom stereocenters. The Morgan fingerprint density at radius 3 is 2.19 bits per heavy atom. The lowest BCUT2D eigenvalue weighted by atomic mass is 10.0. The molecule has 3 aliphatic rings. The number of halogens is 3. The first-order valence-electron chi connectivity index (χ1n) is 10.1. The molecule has 2 fully saturated rings. The number of carbonyl (C=O) groups excluding carboxylic acids is 3. The molecule has 0 bridgehead atoms. The van der Waals surface area contributed by atoms with Crippen molar-refractivity contribution in [3.05, 3.63) is 52.7 Å². The molecule has 0 unspecified atom stereocenters. The number of β-lactam (4-membered cyclic amide) rings is 1. The Hall–Kier alpha value is -3.85. The third-order valence-corrected chi connectivity index (χ3v) is 6.74. The average molecular weight is 528 g/mol. The van der Waals surface area contributed by atoms with Crippen molar-refractivity contribution < 1.29 is 47.4 Å². The van der Waals surface area contributed by atoms with Crippen molar-refractivity contribution in [3.8, 4) is 0 Å². The fourth-order valence-electron chi connectivity index (χ4n) is 3.66. The van der Waals surface area contributed by atoms with Crippen molar-refractivity contribution in [1.82, 2.24) is 4.90 Å². The number of allylic oxidation sites excluding steroid dienone is 1. The standard InChI is InChI=1S/C19H18N4O5S.C2HF3O2/c20-13-17(26)23-14(19(27)28)11(8-29-18(13)23)7-10-5-6-22(16(10)25)12-3-1-9(2-4-12)15(21)24;3-2(4,5)1(6)7/h1-4,7,13,18H,5-6,8,20H2,(H2,21,24)(H,27,28);(H,6,7)/b10-7+;/t13-,18-;/m1./s1. The summed E-state index contributed by atoms with van der Waals surface area (Å²) >= 11 is 1.39. The van der Waals surface area contributed by atoms with Crippen LogP contribution in [0.25, 0.3) is 0 Å². The Balaban J connectivity index is 0.000000454. The first kappa shape index (κ1) is 26.7. The van der Waals surface area contributed by atoms with Crippen LogP contribution < -0.4 is 16.4 Å². The number of fused-ring (bicyclic) bond motifs is 1. The smallest absolute Gasteiger partial charge is 0.477 e. The molecule has 3 amide bonds. The molecule has 1 aromatic carbocycles. The molecule has 6 N–H and O–H groups in total. The van der Waals surface area contributed by atoms with E-state index in [4.69, 9.17) is 21.4 Å². The van der Waals surface area contributed by atoms with Crippen molar-refractivity contribution >= 4 is 47.1 Å². The van der Waals surface area contributed by atoms with Gasteiger partial charge in [0.2, 0.25) is 11.8 Å². The second kappa shape index (κ2) is 10.0. The molecule has 3 heterocycles. The number of hydrogen-bond donors (Lipinski definition) is 4. The summed E-state index contributed by atoms with van der Waals surface area (Å²) in [6.45, 7) is 0.430. The number of nitrogens with zero attached hydrogens (tertiary/aromatic N) is 2. The number of primary amides is 1. The van der Waals surface area contributed by atoms with Crippen molar-refractivity contribution in [2.24, 2.45) is 11.5 Å². The highest BCUT2D eigenvalue weighted by Gasteiger charge is 2.51. The predicted molar refractivity (Wildman–Crippen MR) is 119 cm³/mol. The summed E-state index contributed by atoms with van der Waals surface area (Å²) in [6.07, 6.45) is -3.07. The maximum absolute atomic E-state index is 12.8. The summed E-state index contributed by atoms with van der Waals surface area (Å²) in [5, 5.41) is 16.4. The Morgan fingerprint density at radius 1 is 1.11 bits per heavy atom. The monoisotopic (exact) mass is 528 g/mol. The number of carboxylic acid groups (broad SMARTS) is 2. The quantitative estimate of drug-likeness (QED) is 0.322. The van der Waals surface area contributed by atoms with Crippen LogP contribution in [0.15, 0.2) is 47.2 Å². The number of anilines is 1. The van der Waals surface area contributed by atoms with Crippen LogP contribution in [0, 0.1) is 0 Å². The van der Waals surface area contributed by atoms with Gasteiger partial charge in [-0.25, -0.2) is 9.59 Å². The van der Waals surface area contributed by atoms with Gasteiger partial charge in [-0.3, -0.25) is 19.3 Å². The summed E-state index contributed by atoms with van der Waals surface area (Å²) in [5.74, 6) is -4.84. The van der Waals surface area contributed by atoms with Crippen molar-refractivity contribution in [2.45, 2.75) is 24.0 Å². The largest absolute Gasteiger partial charge is 0.490 e. The van der Waals surface area contributed by atoms with Crippen molar-refractivity contribution in [2.75, 3.05) is 17.2 Å².